The van der Waals surface area contributed by atoms with Crippen molar-refractivity contribution < 1.29 is 4.79 Å². The van der Waals surface area contributed by atoms with Crippen LogP contribution >= 0.6 is 0 Å². The molecule has 0 saturated heterocycles. The Hall–Kier alpha value is -2.30. The maximum atomic E-state index is 12.7. The van der Waals surface area contributed by atoms with Crippen LogP contribution < -0.4 is 10.6 Å². The van der Waals surface area contributed by atoms with Gasteiger partial charge < -0.3 is 10.6 Å². The summed E-state index contributed by atoms with van der Waals surface area (Å²) in [7, 11) is 1.92. The second-order valence-corrected chi connectivity index (χ2v) is 7.02. The van der Waals surface area contributed by atoms with Crippen LogP contribution in [-0.4, -0.2) is 21.2 Å². The number of anilines is 1. The largest absolute Gasteiger partial charge is 0.372 e. The zero-order chi connectivity index (χ0) is 18.1. The number of carbonyl (C=O) groups is 1. The number of hydrogen-bond acceptors (Lipinski definition) is 3. The summed E-state index contributed by atoms with van der Waals surface area (Å²) >= 11 is 0. The lowest BCUT2D eigenvalue weighted by Crippen LogP contribution is -2.48. The normalized spacial score (nSPS) is 12.8. The summed E-state index contributed by atoms with van der Waals surface area (Å²) in [6.07, 6.45) is 0. The summed E-state index contributed by atoms with van der Waals surface area (Å²) in [4.78, 5) is 12.7. The highest BCUT2D eigenvalue weighted by Gasteiger charge is 2.29. The van der Waals surface area contributed by atoms with Gasteiger partial charge >= 0.3 is 0 Å². The van der Waals surface area contributed by atoms with Crippen LogP contribution in [-0.2, 0) is 11.8 Å². The molecule has 0 unspecified atom stereocenters. The van der Waals surface area contributed by atoms with Crippen LogP contribution in [0.4, 0.5) is 5.69 Å². The molecule has 1 amide bonds. The van der Waals surface area contributed by atoms with Gasteiger partial charge in [-0.15, -0.1) is 0 Å². The molecular formula is C19H28N4O. The van der Waals surface area contributed by atoms with Crippen molar-refractivity contribution in [2.45, 2.75) is 53.1 Å². The predicted molar refractivity (Wildman–Crippen MR) is 98.1 cm³/mol. The fraction of sp³-hybridized carbons (Fsp3) is 0.474. The minimum Gasteiger partial charge on any atom is -0.372 e. The van der Waals surface area contributed by atoms with Crippen molar-refractivity contribution in [3.8, 4) is 0 Å². The molecule has 0 fully saturated rings. The number of nitrogens with one attached hydrogen (secondary N) is 2. The molecule has 0 spiro atoms. The third kappa shape index (κ3) is 3.78. The van der Waals surface area contributed by atoms with Crippen LogP contribution in [0.1, 0.15) is 49.3 Å². The lowest BCUT2D eigenvalue weighted by Gasteiger charge is -2.28. The average Bonchev–Trinajstić information content (AvgIpc) is 2.74. The standard InChI is InChI=1S/C19H28N4O/c1-12-8-10-16(11-9-12)21-19(5,6)18(24)20-13(2)17-14(3)22-23(7)15(17)4/h8-11,13,21H,1-7H3,(H,20,24)/t13-/m1/s1. The average molecular weight is 328 g/mol. The first-order valence-corrected chi connectivity index (χ1v) is 8.27. The number of amides is 1. The van der Waals surface area contributed by atoms with Gasteiger partial charge in [-0.05, 0) is 53.7 Å². The first-order chi connectivity index (χ1) is 11.1. The summed E-state index contributed by atoms with van der Waals surface area (Å²) in [5, 5.41) is 10.8. The van der Waals surface area contributed by atoms with Crippen LogP contribution in [0.3, 0.4) is 0 Å². The lowest BCUT2D eigenvalue weighted by molar-refractivity contribution is -0.125. The highest BCUT2D eigenvalue weighted by molar-refractivity contribution is 5.88. The SMILES string of the molecule is Cc1ccc(NC(C)(C)C(=O)N[C@H](C)c2c(C)nn(C)c2C)cc1. The van der Waals surface area contributed by atoms with E-state index in [1.807, 2.05) is 77.5 Å². The Morgan fingerprint density at radius 1 is 1.17 bits per heavy atom. The predicted octanol–water partition coefficient (Wildman–Crippen LogP) is 3.41. The minimum absolute atomic E-state index is 0.0433. The number of nitrogens with zero attached hydrogens (tertiary/aromatic N) is 2. The minimum atomic E-state index is -0.715. The number of aromatic nitrogens is 2. The molecule has 130 valence electrons. The Bertz CT molecular complexity index is 729. The van der Waals surface area contributed by atoms with Gasteiger partial charge in [-0.3, -0.25) is 9.48 Å². The highest BCUT2D eigenvalue weighted by atomic mass is 16.2. The van der Waals surface area contributed by atoms with Gasteiger partial charge in [0.2, 0.25) is 5.91 Å². The van der Waals surface area contributed by atoms with E-state index in [4.69, 9.17) is 0 Å². The van der Waals surface area contributed by atoms with Crippen molar-refractivity contribution in [2.24, 2.45) is 7.05 Å². The molecule has 1 aromatic carbocycles. The zero-order valence-electron chi connectivity index (χ0n) is 15.7. The summed E-state index contributed by atoms with van der Waals surface area (Å²) < 4.78 is 1.85. The van der Waals surface area contributed by atoms with Crippen LogP contribution in [0.2, 0.25) is 0 Å². The molecule has 0 aliphatic heterocycles. The first-order valence-electron chi connectivity index (χ1n) is 8.27. The fourth-order valence-electron chi connectivity index (χ4n) is 2.92. The van der Waals surface area contributed by atoms with E-state index in [1.165, 1.54) is 5.56 Å². The van der Waals surface area contributed by atoms with Gasteiger partial charge in [-0.25, -0.2) is 0 Å². The number of rotatable bonds is 5. The first kappa shape index (κ1) is 18.0. The van der Waals surface area contributed by atoms with Crippen LogP contribution in [0.15, 0.2) is 24.3 Å². The molecule has 1 aromatic heterocycles. The van der Waals surface area contributed by atoms with Gasteiger partial charge in [-0.1, -0.05) is 17.7 Å². The van der Waals surface area contributed by atoms with Crippen LogP contribution in [0.5, 0.6) is 0 Å². The van der Waals surface area contributed by atoms with E-state index in [0.717, 1.165) is 22.6 Å². The van der Waals surface area contributed by atoms with Crippen molar-refractivity contribution >= 4 is 11.6 Å². The number of hydrogen-bond donors (Lipinski definition) is 2. The second kappa shape index (κ2) is 6.67. The summed E-state index contributed by atoms with van der Waals surface area (Å²) in [6, 6.07) is 7.94. The summed E-state index contributed by atoms with van der Waals surface area (Å²) in [5.41, 5.74) is 4.52. The topological polar surface area (TPSA) is 59.0 Å². The van der Waals surface area contributed by atoms with E-state index in [2.05, 4.69) is 15.7 Å². The van der Waals surface area contributed by atoms with Gasteiger partial charge in [-0.2, -0.15) is 5.10 Å². The molecule has 1 atom stereocenters. The molecule has 2 rings (SSSR count). The molecule has 0 aliphatic rings. The van der Waals surface area contributed by atoms with Gasteiger partial charge in [0.25, 0.3) is 0 Å². The molecule has 24 heavy (non-hydrogen) atoms. The zero-order valence-corrected chi connectivity index (χ0v) is 15.7. The number of benzene rings is 1. The van der Waals surface area contributed by atoms with Gasteiger partial charge in [0.05, 0.1) is 11.7 Å². The van der Waals surface area contributed by atoms with Crippen LogP contribution in [0.25, 0.3) is 0 Å². The third-order valence-corrected chi connectivity index (χ3v) is 4.42. The van der Waals surface area contributed by atoms with Crippen molar-refractivity contribution in [1.29, 1.82) is 0 Å². The summed E-state index contributed by atoms with van der Waals surface area (Å²) in [5.74, 6) is -0.0433. The Morgan fingerprint density at radius 3 is 2.25 bits per heavy atom. The van der Waals surface area contributed by atoms with Crippen molar-refractivity contribution in [2.75, 3.05) is 5.32 Å². The van der Waals surface area contributed by atoms with Crippen molar-refractivity contribution in [3.63, 3.8) is 0 Å². The molecule has 0 saturated carbocycles. The molecule has 0 radical (unpaired) electrons. The second-order valence-electron chi connectivity index (χ2n) is 7.02. The quantitative estimate of drug-likeness (QED) is 0.884. The maximum Gasteiger partial charge on any atom is 0.245 e. The van der Waals surface area contributed by atoms with Gasteiger partial charge in [0.15, 0.2) is 0 Å². The maximum absolute atomic E-state index is 12.7. The van der Waals surface area contributed by atoms with Crippen molar-refractivity contribution in [1.82, 2.24) is 15.1 Å². The molecule has 2 N–H and O–H groups in total. The van der Waals surface area contributed by atoms with Gasteiger partial charge in [0.1, 0.15) is 5.54 Å². The summed E-state index contributed by atoms with van der Waals surface area (Å²) in [6.45, 7) is 11.8. The molecule has 5 heteroatoms. The number of aryl methyl sites for hydroxylation is 3. The van der Waals surface area contributed by atoms with E-state index in [0.29, 0.717) is 0 Å². The van der Waals surface area contributed by atoms with E-state index in [9.17, 15) is 4.79 Å². The van der Waals surface area contributed by atoms with E-state index < -0.39 is 5.54 Å². The Labute approximate surface area is 144 Å². The lowest BCUT2D eigenvalue weighted by atomic mass is 10.0. The molecule has 5 nitrogen and oxygen atoms in total. The van der Waals surface area contributed by atoms with E-state index in [-0.39, 0.29) is 11.9 Å². The van der Waals surface area contributed by atoms with Crippen molar-refractivity contribution in [3.05, 3.63) is 46.8 Å². The molecule has 2 aromatic rings. The Balaban J connectivity index is 2.10. The van der Waals surface area contributed by atoms with Gasteiger partial charge in [0, 0.05) is 24.0 Å². The Kier molecular flexibility index (Phi) is 5.02. The Morgan fingerprint density at radius 2 is 1.75 bits per heavy atom. The highest BCUT2D eigenvalue weighted by Crippen LogP contribution is 2.22. The number of carbonyl (C=O) groups excluding carboxylic acids is 1. The molecular weight excluding hydrogens is 300 g/mol. The molecule has 0 aliphatic carbocycles. The monoisotopic (exact) mass is 328 g/mol. The fourth-order valence-corrected chi connectivity index (χ4v) is 2.92. The third-order valence-electron chi connectivity index (χ3n) is 4.42. The van der Waals surface area contributed by atoms with Crippen LogP contribution in [0, 0.1) is 20.8 Å². The van der Waals surface area contributed by atoms with E-state index >= 15 is 0 Å². The molecule has 0 bridgehead atoms. The smallest absolute Gasteiger partial charge is 0.245 e. The van der Waals surface area contributed by atoms with E-state index in [1.54, 1.807) is 0 Å². The molecule has 1 heterocycles.